The van der Waals surface area contributed by atoms with Gasteiger partial charge in [0.2, 0.25) is 5.91 Å². The SMILES string of the molecule is O=C1CC(CS(=O)(=O)F)CN1c1ccnn1C1CCCC1. The van der Waals surface area contributed by atoms with Crippen molar-refractivity contribution in [2.75, 3.05) is 17.2 Å². The summed E-state index contributed by atoms with van der Waals surface area (Å²) < 4.78 is 36.1. The molecule has 8 heteroatoms. The summed E-state index contributed by atoms with van der Waals surface area (Å²) >= 11 is 0. The number of halogens is 1. The minimum absolute atomic E-state index is 0.0684. The summed E-state index contributed by atoms with van der Waals surface area (Å²) in [6.45, 7) is 0.237. The molecule has 1 unspecified atom stereocenters. The van der Waals surface area contributed by atoms with Crippen LogP contribution in [0.1, 0.15) is 38.1 Å². The molecule has 116 valence electrons. The molecule has 1 aliphatic heterocycles. The maximum absolute atomic E-state index is 12.8. The molecule has 0 N–H and O–H groups in total. The van der Waals surface area contributed by atoms with Gasteiger partial charge in [-0.2, -0.15) is 13.5 Å². The van der Waals surface area contributed by atoms with Gasteiger partial charge in [-0.15, -0.1) is 3.89 Å². The van der Waals surface area contributed by atoms with Crippen LogP contribution < -0.4 is 4.90 Å². The predicted octanol–water partition coefficient (Wildman–Crippen LogP) is 1.65. The Balaban J connectivity index is 1.78. The average Bonchev–Trinajstić information content (AvgIpc) is 3.05. The van der Waals surface area contributed by atoms with Crippen molar-refractivity contribution in [2.45, 2.75) is 38.1 Å². The number of carbonyl (C=O) groups excluding carboxylic acids is 1. The highest BCUT2D eigenvalue weighted by atomic mass is 32.3. The van der Waals surface area contributed by atoms with Gasteiger partial charge < -0.3 is 0 Å². The lowest BCUT2D eigenvalue weighted by atomic mass is 10.1. The largest absolute Gasteiger partial charge is 0.302 e. The molecule has 0 radical (unpaired) electrons. The highest BCUT2D eigenvalue weighted by Gasteiger charge is 2.36. The van der Waals surface area contributed by atoms with E-state index in [-0.39, 0.29) is 18.9 Å². The van der Waals surface area contributed by atoms with Crippen LogP contribution in [-0.2, 0) is 15.0 Å². The number of hydrogen-bond acceptors (Lipinski definition) is 4. The van der Waals surface area contributed by atoms with Gasteiger partial charge in [0.15, 0.2) is 0 Å². The van der Waals surface area contributed by atoms with E-state index in [9.17, 15) is 17.1 Å². The van der Waals surface area contributed by atoms with Crippen LogP contribution in [0.4, 0.5) is 9.70 Å². The lowest BCUT2D eigenvalue weighted by Gasteiger charge is -2.21. The van der Waals surface area contributed by atoms with Crippen LogP contribution in [0.25, 0.3) is 0 Å². The average molecular weight is 315 g/mol. The second-order valence-electron chi connectivity index (χ2n) is 5.85. The van der Waals surface area contributed by atoms with Crippen LogP contribution in [0.2, 0.25) is 0 Å². The first-order chi connectivity index (χ1) is 9.94. The van der Waals surface area contributed by atoms with Gasteiger partial charge in [-0.05, 0) is 12.8 Å². The molecule has 0 aromatic carbocycles. The van der Waals surface area contributed by atoms with Gasteiger partial charge in [0.1, 0.15) is 5.82 Å². The van der Waals surface area contributed by atoms with E-state index in [1.807, 2.05) is 4.68 Å². The van der Waals surface area contributed by atoms with Gasteiger partial charge in [0.05, 0.1) is 18.0 Å². The van der Waals surface area contributed by atoms with Crippen LogP contribution in [0, 0.1) is 5.92 Å². The van der Waals surface area contributed by atoms with Crippen molar-refractivity contribution in [2.24, 2.45) is 5.92 Å². The van der Waals surface area contributed by atoms with Gasteiger partial charge in [0.25, 0.3) is 0 Å². The summed E-state index contributed by atoms with van der Waals surface area (Å²) in [5.41, 5.74) is 0. The van der Waals surface area contributed by atoms with E-state index in [4.69, 9.17) is 0 Å². The Hall–Kier alpha value is -1.44. The molecule has 2 heterocycles. The molecule has 1 aliphatic carbocycles. The first kappa shape index (κ1) is 14.5. The number of aromatic nitrogens is 2. The van der Waals surface area contributed by atoms with E-state index in [1.54, 1.807) is 17.2 Å². The zero-order chi connectivity index (χ0) is 15.0. The van der Waals surface area contributed by atoms with Crippen molar-refractivity contribution in [3.8, 4) is 0 Å². The van der Waals surface area contributed by atoms with Crippen LogP contribution in [-0.4, -0.2) is 36.4 Å². The van der Waals surface area contributed by atoms with E-state index in [2.05, 4.69) is 5.10 Å². The molecule has 0 bridgehead atoms. The molecule has 2 fully saturated rings. The summed E-state index contributed by atoms with van der Waals surface area (Å²) in [5.74, 6) is -0.541. The second kappa shape index (κ2) is 5.40. The van der Waals surface area contributed by atoms with Crippen LogP contribution in [0.3, 0.4) is 0 Å². The monoisotopic (exact) mass is 315 g/mol. The first-order valence-electron chi connectivity index (χ1n) is 7.20. The molecule has 1 aromatic rings. The topological polar surface area (TPSA) is 72.3 Å². The van der Waals surface area contributed by atoms with Crippen LogP contribution in [0.5, 0.6) is 0 Å². The van der Waals surface area contributed by atoms with E-state index < -0.39 is 21.9 Å². The smallest absolute Gasteiger partial charge is 0.297 e. The first-order valence-corrected chi connectivity index (χ1v) is 8.75. The Labute approximate surface area is 123 Å². The summed E-state index contributed by atoms with van der Waals surface area (Å²) in [6, 6.07) is 2.06. The van der Waals surface area contributed by atoms with Crippen molar-refractivity contribution in [1.82, 2.24) is 9.78 Å². The van der Waals surface area contributed by atoms with Crippen molar-refractivity contribution in [1.29, 1.82) is 0 Å². The third kappa shape index (κ3) is 3.09. The summed E-state index contributed by atoms with van der Waals surface area (Å²) in [7, 11) is -4.55. The lowest BCUT2D eigenvalue weighted by Crippen LogP contribution is -2.28. The fourth-order valence-corrected chi connectivity index (χ4v) is 4.13. The Kier molecular flexibility index (Phi) is 3.73. The second-order valence-corrected chi connectivity index (χ2v) is 7.26. The van der Waals surface area contributed by atoms with Crippen LogP contribution in [0.15, 0.2) is 12.3 Å². The normalized spacial score (nSPS) is 24.1. The van der Waals surface area contributed by atoms with E-state index in [0.717, 1.165) is 25.7 Å². The highest BCUT2D eigenvalue weighted by molar-refractivity contribution is 7.86. The maximum atomic E-state index is 12.8. The zero-order valence-corrected chi connectivity index (χ0v) is 12.4. The van der Waals surface area contributed by atoms with E-state index >= 15 is 0 Å². The summed E-state index contributed by atoms with van der Waals surface area (Å²) in [4.78, 5) is 13.6. The van der Waals surface area contributed by atoms with E-state index in [1.165, 1.54) is 0 Å². The Morgan fingerprint density at radius 1 is 1.33 bits per heavy atom. The number of anilines is 1. The third-order valence-corrected chi connectivity index (χ3v) is 5.11. The number of amides is 1. The summed E-state index contributed by atoms with van der Waals surface area (Å²) in [5, 5.41) is 4.31. The minimum atomic E-state index is -4.55. The van der Waals surface area contributed by atoms with Crippen molar-refractivity contribution >= 4 is 21.9 Å². The molecular weight excluding hydrogens is 297 g/mol. The third-order valence-electron chi connectivity index (χ3n) is 4.24. The zero-order valence-electron chi connectivity index (χ0n) is 11.6. The van der Waals surface area contributed by atoms with Crippen LogP contribution >= 0.6 is 0 Å². The molecule has 2 aliphatic rings. The van der Waals surface area contributed by atoms with Crippen molar-refractivity contribution < 1.29 is 17.1 Å². The standard InChI is InChI=1S/C13H18FN3O3S/c14-21(19,20)9-10-7-13(18)16(8-10)12-5-6-15-17(12)11-3-1-2-4-11/h5-6,10-11H,1-4,7-9H2. The number of hydrogen-bond donors (Lipinski definition) is 0. The molecule has 1 saturated carbocycles. The number of carbonyl (C=O) groups is 1. The van der Waals surface area contributed by atoms with Gasteiger partial charge in [-0.3, -0.25) is 9.69 Å². The lowest BCUT2D eigenvalue weighted by molar-refractivity contribution is -0.117. The molecule has 1 atom stereocenters. The molecule has 0 spiro atoms. The fraction of sp³-hybridized carbons (Fsp3) is 0.692. The molecule has 1 aromatic heterocycles. The number of nitrogens with zero attached hydrogens (tertiary/aromatic N) is 3. The fourth-order valence-electron chi connectivity index (χ4n) is 3.35. The molecule has 6 nitrogen and oxygen atoms in total. The van der Waals surface area contributed by atoms with E-state index in [0.29, 0.717) is 11.9 Å². The number of rotatable bonds is 4. The van der Waals surface area contributed by atoms with Crippen molar-refractivity contribution in [3.05, 3.63) is 12.3 Å². The molecule has 1 saturated heterocycles. The van der Waals surface area contributed by atoms with Gasteiger partial charge in [0, 0.05) is 24.9 Å². The Bertz CT molecular complexity index is 637. The van der Waals surface area contributed by atoms with Gasteiger partial charge in [-0.1, -0.05) is 12.8 Å². The minimum Gasteiger partial charge on any atom is -0.297 e. The molecular formula is C13H18FN3O3S. The Morgan fingerprint density at radius 3 is 2.71 bits per heavy atom. The predicted molar refractivity (Wildman–Crippen MR) is 75.1 cm³/mol. The van der Waals surface area contributed by atoms with Crippen molar-refractivity contribution in [3.63, 3.8) is 0 Å². The summed E-state index contributed by atoms with van der Waals surface area (Å²) in [6.07, 6.45) is 6.11. The highest BCUT2D eigenvalue weighted by Crippen LogP contribution is 2.34. The molecule has 3 rings (SSSR count). The molecule has 21 heavy (non-hydrogen) atoms. The maximum Gasteiger partial charge on any atom is 0.302 e. The van der Waals surface area contributed by atoms with Gasteiger partial charge in [-0.25, -0.2) is 4.68 Å². The Morgan fingerprint density at radius 2 is 2.05 bits per heavy atom. The molecule has 1 amide bonds. The quantitative estimate of drug-likeness (QED) is 0.792. The van der Waals surface area contributed by atoms with Gasteiger partial charge >= 0.3 is 10.2 Å².